The van der Waals surface area contributed by atoms with Crippen molar-refractivity contribution in [2.24, 2.45) is 0 Å². The Bertz CT molecular complexity index is 1160. The fourth-order valence-electron chi connectivity index (χ4n) is 3.97. The van der Waals surface area contributed by atoms with Crippen molar-refractivity contribution in [3.8, 4) is 0 Å². The van der Waals surface area contributed by atoms with Crippen LogP contribution in [-0.4, -0.2) is 89.8 Å². The van der Waals surface area contributed by atoms with Crippen LogP contribution < -0.4 is 0 Å². The predicted octanol–water partition coefficient (Wildman–Crippen LogP) is 4.40. The summed E-state index contributed by atoms with van der Waals surface area (Å²) >= 11 is 0. The second-order valence-corrected chi connectivity index (χ2v) is 9.52. The molecule has 3 unspecified atom stereocenters. The van der Waals surface area contributed by atoms with E-state index in [1.807, 2.05) is 36.4 Å². The van der Waals surface area contributed by atoms with Crippen molar-refractivity contribution in [3.05, 3.63) is 97.1 Å². The van der Waals surface area contributed by atoms with E-state index in [1.54, 1.807) is 38.1 Å². The molecule has 0 spiro atoms. The Labute approximate surface area is 265 Å². The first-order valence-corrected chi connectivity index (χ1v) is 14.7. The van der Waals surface area contributed by atoms with Crippen LogP contribution in [-0.2, 0) is 53.1 Å². The van der Waals surface area contributed by atoms with Crippen LogP contribution in [0.1, 0.15) is 36.2 Å². The molecule has 0 saturated carbocycles. The van der Waals surface area contributed by atoms with Crippen molar-refractivity contribution in [1.29, 1.82) is 0 Å². The molecule has 2 aromatic rings. The van der Waals surface area contributed by atoms with Gasteiger partial charge in [0.05, 0.1) is 39.6 Å². The fraction of sp³-hybridized carbons (Fsp3) is 0.441. The van der Waals surface area contributed by atoms with Crippen molar-refractivity contribution >= 4 is 17.7 Å². The van der Waals surface area contributed by atoms with E-state index < -0.39 is 30.1 Å². The third-order valence-electron chi connectivity index (χ3n) is 6.17. The first-order chi connectivity index (χ1) is 21.8. The van der Waals surface area contributed by atoms with Crippen molar-refractivity contribution in [1.82, 2.24) is 0 Å². The van der Waals surface area contributed by atoms with E-state index in [1.165, 1.54) is 0 Å². The molecule has 0 amide bonds. The quantitative estimate of drug-likeness (QED) is 0.0511. The van der Waals surface area contributed by atoms with Crippen LogP contribution in [0.25, 0.3) is 0 Å². The van der Waals surface area contributed by atoms with E-state index in [9.17, 15) is 14.4 Å². The highest BCUT2D eigenvalue weighted by Crippen LogP contribution is 2.33. The number of hydrogen-bond acceptors (Lipinski definition) is 11. The Balaban J connectivity index is 2.02. The maximum atomic E-state index is 14.2. The van der Waals surface area contributed by atoms with Gasteiger partial charge in [0, 0.05) is 24.3 Å². The summed E-state index contributed by atoms with van der Waals surface area (Å²) in [5.74, 6) is -1.31. The van der Waals surface area contributed by atoms with Crippen molar-refractivity contribution in [2.45, 2.75) is 38.4 Å². The van der Waals surface area contributed by atoms with E-state index >= 15 is 0 Å². The summed E-state index contributed by atoms with van der Waals surface area (Å²) in [5, 5.41) is 0. The van der Waals surface area contributed by atoms with Gasteiger partial charge in [0.1, 0.15) is 13.2 Å². The van der Waals surface area contributed by atoms with Crippen molar-refractivity contribution in [3.63, 3.8) is 0 Å². The molecule has 11 nitrogen and oxygen atoms in total. The number of ketones is 1. The minimum Gasteiger partial charge on any atom is -0.460 e. The van der Waals surface area contributed by atoms with Crippen LogP contribution in [0.4, 0.5) is 0 Å². The minimum atomic E-state index is -1.56. The van der Waals surface area contributed by atoms with Gasteiger partial charge >= 0.3 is 11.9 Å². The Morgan fingerprint density at radius 2 is 1.20 bits per heavy atom. The summed E-state index contributed by atoms with van der Waals surface area (Å²) in [6.45, 7) is 11.8. The molecule has 0 aromatic heterocycles. The van der Waals surface area contributed by atoms with Crippen LogP contribution in [0.5, 0.6) is 0 Å². The molecular formula is C34H44O11. The topological polar surface area (TPSA) is 125 Å². The molecule has 0 radical (unpaired) electrons. The highest BCUT2D eigenvalue weighted by molar-refractivity contribution is 6.03. The van der Waals surface area contributed by atoms with Crippen molar-refractivity contribution in [2.75, 3.05) is 59.5 Å². The molecule has 0 bridgehead atoms. The SMILES string of the molecule is C=CC(=O)OCCOCCCOC(C)OC(COC(C)OCCOCCOC(=O)C=C)(C(=O)c1ccccc1)c1ccccc1. The summed E-state index contributed by atoms with van der Waals surface area (Å²) in [6, 6.07) is 18.0. The lowest BCUT2D eigenvalue weighted by Crippen LogP contribution is -2.47. The number of rotatable bonds is 25. The number of benzene rings is 2. The molecule has 3 atom stereocenters. The molecule has 0 aliphatic rings. The molecule has 0 heterocycles. The van der Waals surface area contributed by atoms with Gasteiger partial charge in [0.15, 0.2) is 18.2 Å². The van der Waals surface area contributed by atoms with Gasteiger partial charge in [-0.05, 0) is 25.8 Å². The molecule has 2 aromatic carbocycles. The van der Waals surface area contributed by atoms with E-state index in [0.717, 1.165) is 12.2 Å². The average Bonchev–Trinajstić information content (AvgIpc) is 3.07. The standard InChI is InChI=1S/C34H44O11/c1-5-31(35)42-24-21-38-18-13-19-40-28(4)45-34(30-16-11-8-12-17-30,33(37)29-14-9-7-10-15-29)26-44-27(3)41-23-20-39-22-25-43-32(36)6-2/h5-12,14-17,27-28H,1-2,13,18-26H2,3-4H3. The highest BCUT2D eigenvalue weighted by atomic mass is 16.7. The van der Waals surface area contributed by atoms with Crippen molar-refractivity contribution < 1.29 is 52.3 Å². The lowest BCUT2D eigenvalue weighted by molar-refractivity contribution is -0.228. The average molecular weight is 629 g/mol. The van der Waals surface area contributed by atoms with Gasteiger partial charge in [-0.3, -0.25) is 4.79 Å². The van der Waals surface area contributed by atoms with Gasteiger partial charge in [-0.15, -0.1) is 0 Å². The molecule has 246 valence electrons. The zero-order chi connectivity index (χ0) is 32.8. The Morgan fingerprint density at radius 1 is 0.667 bits per heavy atom. The molecule has 0 aliphatic carbocycles. The zero-order valence-corrected chi connectivity index (χ0v) is 26.1. The molecular weight excluding hydrogens is 584 g/mol. The number of carbonyl (C=O) groups is 3. The van der Waals surface area contributed by atoms with Gasteiger partial charge < -0.3 is 37.9 Å². The fourth-order valence-corrected chi connectivity index (χ4v) is 3.97. The Morgan fingerprint density at radius 3 is 1.80 bits per heavy atom. The number of Topliss-reactive ketones (excluding diaryl/α,β-unsaturated/α-hetero) is 1. The minimum absolute atomic E-state index is 0.107. The third kappa shape index (κ3) is 14.3. The van der Waals surface area contributed by atoms with Gasteiger partial charge in [0.25, 0.3) is 0 Å². The molecule has 0 aliphatic heterocycles. The predicted molar refractivity (Wildman–Crippen MR) is 165 cm³/mol. The number of carbonyl (C=O) groups excluding carboxylic acids is 3. The number of ether oxygens (including phenoxy) is 8. The summed E-state index contributed by atoms with van der Waals surface area (Å²) in [7, 11) is 0. The van der Waals surface area contributed by atoms with Crippen LogP contribution in [0.2, 0.25) is 0 Å². The van der Waals surface area contributed by atoms with Crippen LogP contribution in [0, 0.1) is 0 Å². The van der Waals surface area contributed by atoms with E-state index in [0.29, 0.717) is 30.8 Å². The number of esters is 2. The van der Waals surface area contributed by atoms with Crippen LogP contribution >= 0.6 is 0 Å². The Hall–Kier alpha value is -3.71. The maximum absolute atomic E-state index is 14.2. The van der Waals surface area contributed by atoms with E-state index in [2.05, 4.69) is 13.2 Å². The normalized spacial score (nSPS) is 13.6. The molecule has 0 N–H and O–H groups in total. The Kier molecular flexibility index (Phi) is 18.2. The van der Waals surface area contributed by atoms with Gasteiger partial charge in [-0.1, -0.05) is 73.8 Å². The summed E-state index contributed by atoms with van der Waals surface area (Å²) in [4.78, 5) is 36.3. The third-order valence-corrected chi connectivity index (χ3v) is 6.17. The maximum Gasteiger partial charge on any atom is 0.330 e. The molecule has 11 heteroatoms. The number of hydrogen-bond donors (Lipinski definition) is 0. The van der Waals surface area contributed by atoms with E-state index in [-0.39, 0.29) is 52.0 Å². The monoisotopic (exact) mass is 628 g/mol. The highest BCUT2D eigenvalue weighted by Gasteiger charge is 2.44. The summed E-state index contributed by atoms with van der Waals surface area (Å²) in [6.07, 6.45) is 1.23. The first-order valence-electron chi connectivity index (χ1n) is 14.7. The smallest absolute Gasteiger partial charge is 0.330 e. The van der Waals surface area contributed by atoms with Gasteiger partial charge in [-0.2, -0.15) is 0 Å². The molecule has 0 saturated heterocycles. The van der Waals surface area contributed by atoms with Crippen LogP contribution in [0.15, 0.2) is 86.0 Å². The zero-order valence-electron chi connectivity index (χ0n) is 26.1. The van der Waals surface area contributed by atoms with Gasteiger partial charge in [-0.25, -0.2) is 9.59 Å². The van der Waals surface area contributed by atoms with Crippen LogP contribution in [0.3, 0.4) is 0 Å². The summed E-state index contributed by atoms with van der Waals surface area (Å²) < 4.78 is 44.8. The lowest BCUT2D eigenvalue weighted by Gasteiger charge is -2.36. The molecule has 0 fully saturated rings. The second kappa shape index (κ2) is 21.9. The molecule has 2 rings (SSSR count). The van der Waals surface area contributed by atoms with Gasteiger partial charge in [0.2, 0.25) is 5.78 Å². The second-order valence-electron chi connectivity index (χ2n) is 9.52. The lowest BCUT2D eigenvalue weighted by atomic mass is 9.86. The van der Waals surface area contributed by atoms with E-state index in [4.69, 9.17) is 37.9 Å². The molecule has 45 heavy (non-hydrogen) atoms. The summed E-state index contributed by atoms with van der Waals surface area (Å²) in [5.41, 5.74) is -0.519. The largest absolute Gasteiger partial charge is 0.460 e. The first kappa shape index (κ1) is 37.5.